The lowest BCUT2D eigenvalue weighted by atomic mass is 9.95. The number of aryl methyl sites for hydroxylation is 1. The van der Waals surface area contributed by atoms with Crippen LogP contribution in [0, 0.1) is 17.0 Å². The summed E-state index contributed by atoms with van der Waals surface area (Å²) >= 11 is 16.6. The van der Waals surface area contributed by atoms with Crippen LogP contribution in [0.3, 0.4) is 0 Å². The summed E-state index contributed by atoms with van der Waals surface area (Å²) in [6.07, 6.45) is 1.56. The van der Waals surface area contributed by atoms with Crippen molar-refractivity contribution in [1.82, 2.24) is 4.57 Å². The molecule has 1 aliphatic heterocycles. The van der Waals surface area contributed by atoms with Gasteiger partial charge in [-0.25, -0.2) is 9.79 Å². The van der Waals surface area contributed by atoms with E-state index in [9.17, 15) is 19.7 Å². The summed E-state index contributed by atoms with van der Waals surface area (Å²) in [6, 6.07) is 14.7. The number of nitro groups is 1. The summed E-state index contributed by atoms with van der Waals surface area (Å²) in [7, 11) is 0. The number of benzene rings is 3. The minimum absolute atomic E-state index is 0.00936. The predicted molar refractivity (Wildman–Crippen MR) is 173 cm³/mol. The molecule has 0 spiro atoms. The van der Waals surface area contributed by atoms with E-state index in [2.05, 4.69) is 20.9 Å². The van der Waals surface area contributed by atoms with Crippen molar-refractivity contribution >= 4 is 68.2 Å². The normalized spacial score (nSPS) is 14.7. The van der Waals surface area contributed by atoms with Crippen molar-refractivity contribution in [3.63, 3.8) is 0 Å². The number of nitrogens with zero attached hydrogens (tertiary/aromatic N) is 3. The molecule has 44 heavy (non-hydrogen) atoms. The number of carbonyl (C=O) groups is 1. The lowest BCUT2D eigenvalue weighted by molar-refractivity contribution is -0.386. The minimum Gasteiger partial charge on any atom is -0.481 e. The van der Waals surface area contributed by atoms with Crippen LogP contribution in [0.2, 0.25) is 10.0 Å². The summed E-state index contributed by atoms with van der Waals surface area (Å²) in [5, 5.41) is 12.8. The Bertz CT molecular complexity index is 2020. The van der Waals surface area contributed by atoms with Crippen molar-refractivity contribution < 1.29 is 19.2 Å². The fraction of sp³-hybridized carbons (Fsp3) is 0.194. The van der Waals surface area contributed by atoms with E-state index in [1.807, 2.05) is 31.2 Å². The maximum absolute atomic E-state index is 13.9. The molecule has 0 bridgehead atoms. The number of ether oxygens (including phenoxy) is 2. The zero-order valence-corrected chi connectivity index (χ0v) is 27.5. The van der Waals surface area contributed by atoms with Gasteiger partial charge in [-0.3, -0.25) is 19.5 Å². The number of thiazole rings is 1. The van der Waals surface area contributed by atoms with E-state index < -0.39 is 22.5 Å². The average molecular weight is 717 g/mol. The summed E-state index contributed by atoms with van der Waals surface area (Å²) in [5.74, 6) is -0.529. The maximum atomic E-state index is 13.9. The number of carbonyl (C=O) groups excluding carboxylic acids is 1. The molecular formula is C31H24BrCl2N3O6S. The zero-order valence-electron chi connectivity index (χ0n) is 23.6. The first-order valence-electron chi connectivity index (χ1n) is 13.3. The van der Waals surface area contributed by atoms with Crippen molar-refractivity contribution in [3.05, 3.63) is 132 Å². The summed E-state index contributed by atoms with van der Waals surface area (Å²) in [4.78, 5) is 43.4. The van der Waals surface area contributed by atoms with Crippen LogP contribution in [0.15, 0.2) is 80.1 Å². The summed E-state index contributed by atoms with van der Waals surface area (Å²) < 4.78 is 13.2. The molecule has 9 nitrogen and oxygen atoms in total. The smallest absolute Gasteiger partial charge is 0.338 e. The van der Waals surface area contributed by atoms with E-state index in [0.29, 0.717) is 36.1 Å². The molecule has 0 amide bonds. The SMILES string of the molecule is CCOC(=O)C1=C(C)N=c2s/c(=C\c3cc(Br)c(OCc4ccc(Cl)c(Cl)c4)c([N+](=O)[O-])c3)c(=O)n2[C@@H]1c1ccc(C)cc1. The van der Waals surface area contributed by atoms with Crippen molar-refractivity contribution in [2.45, 2.75) is 33.4 Å². The fourth-order valence-corrected chi connectivity index (χ4v) is 6.70. The molecule has 1 aromatic heterocycles. The number of allylic oxidation sites excluding steroid dienone is 1. The number of aromatic nitrogens is 1. The Kier molecular flexibility index (Phi) is 9.40. The van der Waals surface area contributed by atoms with Gasteiger partial charge >= 0.3 is 11.7 Å². The predicted octanol–water partition coefficient (Wildman–Crippen LogP) is 6.66. The highest BCUT2D eigenvalue weighted by atomic mass is 79.9. The molecule has 0 saturated carbocycles. The lowest BCUT2D eigenvalue weighted by Gasteiger charge is -2.24. The highest BCUT2D eigenvalue weighted by Crippen LogP contribution is 2.38. The third-order valence-electron chi connectivity index (χ3n) is 6.82. The monoisotopic (exact) mass is 715 g/mol. The molecule has 0 fully saturated rings. The van der Waals surface area contributed by atoms with E-state index in [1.54, 1.807) is 44.2 Å². The van der Waals surface area contributed by atoms with Crippen LogP contribution < -0.4 is 19.6 Å². The maximum Gasteiger partial charge on any atom is 0.338 e. The van der Waals surface area contributed by atoms with Gasteiger partial charge in [-0.2, -0.15) is 0 Å². The van der Waals surface area contributed by atoms with Crippen LogP contribution in [0.4, 0.5) is 5.69 Å². The van der Waals surface area contributed by atoms with Crippen LogP contribution in [0.5, 0.6) is 5.75 Å². The van der Waals surface area contributed by atoms with Crippen LogP contribution in [-0.4, -0.2) is 22.1 Å². The van der Waals surface area contributed by atoms with Gasteiger partial charge in [0.05, 0.1) is 47.9 Å². The quantitative estimate of drug-likeness (QED) is 0.115. The van der Waals surface area contributed by atoms with Gasteiger partial charge in [-0.05, 0) is 77.7 Å². The van der Waals surface area contributed by atoms with Gasteiger partial charge in [0.1, 0.15) is 6.61 Å². The Labute approximate surface area is 274 Å². The molecule has 0 aliphatic carbocycles. The summed E-state index contributed by atoms with van der Waals surface area (Å²) in [5.41, 5.74) is 2.85. The molecule has 3 aromatic carbocycles. The molecule has 0 radical (unpaired) electrons. The standard InChI is InChI=1S/C31H24BrCl2N3O6S/c1-4-42-30(39)26-17(3)35-31-36(27(26)20-8-5-16(2)6-9-20)29(38)25(44-31)14-19-11-21(32)28(24(13-19)37(40)41)43-15-18-7-10-22(33)23(34)12-18/h5-14,27H,4,15H2,1-3H3/b25-14-/t27-/m1/s1. The van der Waals surface area contributed by atoms with Gasteiger partial charge in [-0.15, -0.1) is 0 Å². The van der Waals surface area contributed by atoms with Crippen LogP contribution >= 0.6 is 50.5 Å². The first kappa shape index (κ1) is 31.6. The van der Waals surface area contributed by atoms with Crippen molar-refractivity contribution in [3.8, 4) is 5.75 Å². The van der Waals surface area contributed by atoms with E-state index in [1.165, 1.54) is 10.6 Å². The number of hydrogen-bond acceptors (Lipinski definition) is 8. The van der Waals surface area contributed by atoms with Gasteiger partial charge < -0.3 is 9.47 Å². The molecule has 0 unspecified atom stereocenters. The lowest BCUT2D eigenvalue weighted by Crippen LogP contribution is -2.39. The van der Waals surface area contributed by atoms with E-state index in [0.717, 1.165) is 22.5 Å². The van der Waals surface area contributed by atoms with E-state index in [-0.39, 0.29) is 34.8 Å². The van der Waals surface area contributed by atoms with Gasteiger partial charge in [0.15, 0.2) is 4.80 Å². The first-order chi connectivity index (χ1) is 21.0. The number of esters is 1. The molecule has 1 atom stereocenters. The molecular weight excluding hydrogens is 693 g/mol. The Balaban J connectivity index is 1.59. The Hall–Kier alpha value is -3.77. The number of rotatable bonds is 8. The van der Waals surface area contributed by atoms with Gasteiger partial charge in [0, 0.05) is 6.07 Å². The highest BCUT2D eigenvalue weighted by Gasteiger charge is 2.33. The third kappa shape index (κ3) is 6.37. The van der Waals surface area contributed by atoms with E-state index in [4.69, 9.17) is 32.7 Å². The van der Waals surface area contributed by atoms with Crippen molar-refractivity contribution in [1.29, 1.82) is 0 Å². The Morgan fingerprint density at radius 3 is 2.52 bits per heavy atom. The molecule has 4 aromatic rings. The zero-order chi connectivity index (χ0) is 31.7. The summed E-state index contributed by atoms with van der Waals surface area (Å²) in [6.45, 7) is 5.55. The van der Waals surface area contributed by atoms with Crippen molar-refractivity contribution in [2.75, 3.05) is 6.61 Å². The molecule has 5 rings (SSSR count). The Morgan fingerprint density at radius 1 is 1.14 bits per heavy atom. The minimum atomic E-state index is -0.758. The second-order valence-corrected chi connectivity index (χ2v) is 12.5. The van der Waals surface area contributed by atoms with Gasteiger partial charge in [0.2, 0.25) is 5.75 Å². The number of fused-ring (bicyclic) bond motifs is 1. The number of halogens is 3. The van der Waals surface area contributed by atoms with E-state index >= 15 is 0 Å². The van der Waals surface area contributed by atoms with Gasteiger partial charge in [0.25, 0.3) is 5.56 Å². The number of hydrogen-bond donors (Lipinski definition) is 0. The Morgan fingerprint density at radius 2 is 1.86 bits per heavy atom. The average Bonchev–Trinajstić information content (AvgIpc) is 3.27. The van der Waals surface area contributed by atoms with Gasteiger partial charge in [-0.1, -0.05) is 70.4 Å². The molecule has 226 valence electrons. The topological polar surface area (TPSA) is 113 Å². The molecule has 2 heterocycles. The third-order valence-corrected chi connectivity index (χ3v) is 9.13. The molecule has 0 N–H and O–H groups in total. The second kappa shape index (κ2) is 13.1. The molecule has 0 saturated heterocycles. The van der Waals surface area contributed by atoms with Crippen LogP contribution in [0.25, 0.3) is 6.08 Å². The largest absolute Gasteiger partial charge is 0.481 e. The number of nitro benzene ring substituents is 1. The fourth-order valence-electron chi connectivity index (χ4n) is 4.75. The molecule has 13 heteroatoms. The first-order valence-corrected chi connectivity index (χ1v) is 15.7. The van der Waals surface area contributed by atoms with Crippen molar-refractivity contribution in [2.24, 2.45) is 4.99 Å². The molecule has 1 aliphatic rings. The van der Waals surface area contributed by atoms with Crippen LogP contribution in [-0.2, 0) is 16.1 Å². The van der Waals surface area contributed by atoms with Crippen LogP contribution in [0.1, 0.15) is 42.1 Å². The second-order valence-electron chi connectivity index (χ2n) is 9.86. The highest BCUT2D eigenvalue weighted by molar-refractivity contribution is 9.10.